The summed E-state index contributed by atoms with van der Waals surface area (Å²) >= 11 is 0. The Bertz CT molecular complexity index is 314. The lowest BCUT2D eigenvalue weighted by molar-refractivity contribution is -0.205. The number of ether oxygens (including phenoxy) is 1. The molecule has 3 aliphatic rings. The summed E-state index contributed by atoms with van der Waals surface area (Å²) in [6, 6.07) is 0. The molecule has 2 aliphatic carbocycles. The van der Waals surface area contributed by atoms with Crippen molar-refractivity contribution >= 4 is 0 Å². The Balaban J connectivity index is 1.81. The Labute approximate surface area is 112 Å². The van der Waals surface area contributed by atoms with Crippen molar-refractivity contribution in [2.75, 3.05) is 13.1 Å². The van der Waals surface area contributed by atoms with Crippen molar-refractivity contribution in [2.24, 2.45) is 11.3 Å². The van der Waals surface area contributed by atoms with Crippen molar-refractivity contribution in [3.63, 3.8) is 0 Å². The summed E-state index contributed by atoms with van der Waals surface area (Å²) in [5.41, 5.74) is 0.749. The molecule has 0 aromatic heterocycles. The van der Waals surface area contributed by atoms with Crippen molar-refractivity contribution < 1.29 is 4.74 Å². The molecule has 104 valence electrons. The molecule has 0 aromatic carbocycles. The number of nitrogens with one attached hydrogen (secondary N) is 1. The van der Waals surface area contributed by atoms with Gasteiger partial charge in [-0.1, -0.05) is 40.0 Å². The molecule has 1 aliphatic heterocycles. The zero-order valence-electron chi connectivity index (χ0n) is 12.3. The highest BCUT2D eigenvalue weighted by Gasteiger charge is 2.55. The predicted molar refractivity (Wildman–Crippen MR) is 74.7 cm³/mol. The fourth-order valence-electron chi connectivity index (χ4n) is 4.92. The quantitative estimate of drug-likeness (QED) is 0.711. The van der Waals surface area contributed by atoms with Crippen LogP contribution in [-0.4, -0.2) is 24.3 Å². The lowest BCUT2D eigenvalue weighted by Gasteiger charge is -2.51. The molecule has 3 rings (SSSR count). The molecule has 2 spiro atoms. The maximum atomic E-state index is 6.85. The van der Waals surface area contributed by atoms with Gasteiger partial charge in [-0.05, 0) is 37.0 Å². The van der Waals surface area contributed by atoms with Gasteiger partial charge >= 0.3 is 0 Å². The van der Waals surface area contributed by atoms with Gasteiger partial charge in [0.1, 0.15) is 0 Å². The van der Waals surface area contributed by atoms with E-state index in [0.29, 0.717) is 11.3 Å². The Kier molecular flexibility index (Phi) is 3.02. The molecule has 1 heterocycles. The number of hydrogen-bond donors (Lipinski definition) is 1. The zero-order valence-corrected chi connectivity index (χ0v) is 12.3. The minimum Gasteiger partial charge on any atom is -0.366 e. The number of rotatable bonds is 0. The van der Waals surface area contributed by atoms with Gasteiger partial charge < -0.3 is 10.1 Å². The molecule has 2 nitrogen and oxygen atoms in total. The summed E-state index contributed by atoms with van der Waals surface area (Å²) < 4.78 is 6.85. The molecule has 18 heavy (non-hydrogen) atoms. The van der Waals surface area contributed by atoms with Crippen molar-refractivity contribution in [3.05, 3.63) is 0 Å². The Morgan fingerprint density at radius 2 is 1.78 bits per heavy atom. The maximum absolute atomic E-state index is 6.85. The molecule has 1 N–H and O–H groups in total. The molecule has 3 fully saturated rings. The lowest BCUT2D eigenvalue weighted by Crippen LogP contribution is -2.62. The lowest BCUT2D eigenvalue weighted by atomic mass is 9.79. The van der Waals surface area contributed by atoms with E-state index in [2.05, 4.69) is 26.1 Å². The van der Waals surface area contributed by atoms with E-state index in [-0.39, 0.29) is 11.2 Å². The van der Waals surface area contributed by atoms with Crippen molar-refractivity contribution in [2.45, 2.75) is 76.9 Å². The molecular weight excluding hydrogens is 222 g/mol. The summed E-state index contributed by atoms with van der Waals surface area (Å²) in [5, 5.41) is 3.72. The van der Waals surface area contributed by atoms with Gasteiger partial charge in [0.2, 0.25) is 0 Å². The van der Waals surface area contributed by atoms with Gasteiger partial charge in [0.25, 0.3) is 0 Å². The van der Waals surface area contributed by atoms with Crippen LogP contribution in [0.1, 0.15) is 65.7 Å². The van der Waals surface area contributed by atoms with Gasteiger partial charge in [-0.3, -0.25) is 0 Å². The fourth-order valence-corrected chi connectivity index (χ4v) is 4.92. The van der Waals surface area contributed by atoms with Crippen LogP contribution in [0.2, 0.25) is 0 Å². The molecule has 0 bridgehead atoms. The second-order valence-corrected chi connectivity index (χ2v) is 7.96. The highest BCUT2D eigenvalue weighted by molar-refractivity contribution is 5.06. The standard InChI is InChI=1S/C16H29NO/c1-13-9-14(2,3)10-16(13)12-17-11-15(18-16)7-5-4-6-8-15/h13,17H,4-12H2,1-3H3. The molecule has 0 amide bonds. The van der Waals surface area contributed by atoms with Crippen LogP contribution in [0.25, 0.3) is 0 Å². The first-order chi connectivity index (χ1) is 8.46. The highest BCUT2D eigenvalue weighted by atomic mass is 16.5. The van der Waals surface area contributed by atoms with Crippen molar-refractivity contribution in [1.82, 2.24) is 5.32 Å². The topological polar surface area (TPSA) is 21.3 Å². The highest BCUT2D eigenvalue weighted by Crippen LogP contribution is 2.53. The van der Waals surface area contributed by atoms with Crippen LogP contribution in [0.4, 0.5) is 0 Å². The molecule has 0 radical (unpaired) electrons. The van der Waals surface area contributed by atoms with E-state index in [4.69, 9.17) is 4.74 Å². The van der Waals surface area contributed by atoms with Crippen LogP contribution in [-0.2, 0) is 4.74 Å². The van der Waals surface area contributed by atoms with E-state index in [1.807, 2.05) is 0 Å². The zero-order chi connectivity index (χ0) is 12.9. The first kappa shape index (κ1) is 12.9. The first-order valence-corrected chi connectivity index (χ1v) is 7.86. The van der Waals surface area contributed by atoms with E-state index in [9.17, 15) is 0 Å². The molecule has 2 saturated carbocycles. The SMILES string of the molecule is CC1CC(C)(C)CC12CNCC1(CCCCC1)O2. The monoisotopic (exact) mass is 251 g/mol. The minimum atomic E-state index is 0.124. The third kappa shape index (κ3) is 2.12. The Morgan fingerprint density at radius 1 is 1.06 bits per heavy atom. The van der Waals surface area contributed by atoms with Crippen molar-refractivity contribution in [3.8, 4) is 0 Å². The Morgan fingerprint density at radius 3 is 2.39 bits per heavy atom. The van der Waals surface area contributed by atoms with Crippen LogP contribution in [0.5, 0.6) is 0 Å². The van der Waals surface area contributed by atoms with E-state index in [1.165, 1.54) is 44.9 Å². The van der Waals surface area contributed by atoms with Crippen LogP contribution in [0.3, 0.4) is 0 Å². The van der Waals surface area contributed by atoms with Gasteiger partial charge in [0, 0.05) is 13.1 Å². The van der Waals surface area contributed by atoms with Gasteiger partial charge in [0.15, 0.2) is 0 Å². The first-order valence-electron chi connectivity index (χ1n) is 7.86. The predicted octanol–water partition coefficient (Wildman–Crippen LogP) is 3.50. The molecular formula is C16H29NO. The molecule has 2 atom stereocenters. The smallest absolute Gasteiger partial charge is 0.0845 e. The average molecular weight is 251 g/mol. The van der Waals surface area contributed by atoms with E-state index >= 15 is 0 Å². The van der Waals surface area contributed by atoms with Crippen LogP contribution < -0.4 is 5.32 Å². The average Bonchev–Trinajstić information content (AvgIpc) is 2.49. The van der Waals surface area contributed by atoms with Crippen LogP contribution in [0.15, 0.2) is 0 Å². The second-order valence-electron chi connectivity index (χ2n) is 7.96. The number of hydrogen-bond acceptors (Lipinski definition) is 2. The summed E-state index contributed by atoms with van der Waals surface area (Å²) in [4.78, 5) is 0. The fraction of sp³-hybridized carbons (Fsp3) is 1.00. The van der Waals surface area contributed by atoms with Crippen LogP contribution >= 0.6 is 0 Å². The number of morpholine rings is 1. The van der Waals surface area contributed by atoms with Gasteiger partial charge in [-0.15, -0.1) is 0 Å². The summed E-state index contributed by atoms with van der Waals surface area (Å²) in [5.74, 6) is 0.694. The summed E-state index contributed by atoms with van der Waals surface area (Å²) in [7, 11) is 0. The van der Waals surface area contributed by atoms with Gasteiger partial charge in [-0.2, -0.15) is 0 Å². The normalized spacial score (nSPS) is 42.5. The van der Waals surface area contributed by atoms with E-state index in [1.54, 1.807) is 0 Å². The maximum Gasteiger partial charge on any atom is 0.0845 e. The summed E-state index contributed by atoms with van der Waals surface area (Å²) in [6.45, 7) is 9.37. The summed E-state index contributed by atoms with van der Waals surface area (Å²) in [6.07, 6.45) is 9.20. The van der Waals surface area contributed by atoms with E-state index in [0.717, 1.165) is 13.1 Å². The molecule has 0 aromatic rings. The van der Waals surface area contributed by atoms with Crippen molar-refractivity contribution in [1.29, 1.82) is 0 Å². The van der Waals surface area contributed by atoms with Crippen LogP contribution in [0, 0.1) is 11.3 Å². The minimum absolute atomic E-state index is 0.124. The third-order valence-corrected chi connectivity index (χ3v) is 5.59. The molecule has 1 saturated heterocycles. The Hall–Kier alpha value is -0.0800. The molecule has 2 unspecified atom stereocenters. The van der Waals surface area contributed by atoms with E-state index < -0.39 is 0 Å². The second kappa shape index (κ2) is 4.21. The van der Waals surface area contributed by atoms with Gasteiger partial charge in [0.05, 0.1) is 11.2 Å². The largest absolute Gasteiger partial charge is 0.366 e. The third-order valence-electron chi connectivity index (χ3n) is 5.59. The van der Waals surface area contributed by atoms with Gasteiger partial charge in [-0.25, -0.2) is 0 Å². The molecule has 2 heteroatoms.